The molecule has 0 spiro atoms. The number of nitrogens with zero attached hydrogens (tertiary/aromatic N) is 1. The van der Waals surface area contributed by atoms with Crippen molar-refractivity contribution in [3.63, 3.8) is 0 Å². The van der Waals surface area contributed by atoms with E-state index in [1.165, 1.54) is 11.3 Å². The van der Waals surface area contributed by atoms with Gasteiger partial charge in [-0.15, -0.1) is 0 Å². The Morgan fingerprint density at radius 3 is 2.38 bits per heavy atom. The number of anilines is 1. The number of carbonyl (C=O) groups excluding carboxylic acids is 1. The van der Waals surface area contributed by atoms with E-state index in [9.17, 15) is 4.79 Å². The molecule has 0 fully saturated rings. The van der Waals surface area contributed by atoms with E-state index in [1.54, 1.807) is 0 Å². The normalized spacial score (nSPS) is 13.5. The molecule has 0 aliphatic heterocycles. The van der Waals surface area contributed by atoms with Crippen molar-refractivity contribution in [1.82, 2.24) is 0 Å². The van der Waals surface area contributed by atoms with Gasteiger partial charge in [0.1, 0.15) is 6.29 Å². The van der Waals surface area contributed by atoms with Crippen molar-refractivity contribution in [2.75, 3.05) is 18.0 Å². The van der Waals surface area contributed by atoms with Crippen molar-refractivity contribution in [1.29, 1.82) is 0 Å². The fourth-order valence-corrected chi connectivity index (χ4v) is 2.62. The largest absolute Gasteiger partial charge is 0.370 e. The van der Waals surface area contributed by atoms with E-state index >= 15 is 0 Å². The fraction of sp³-hybridized carbons (Fsp3) is 0.316. The predicted molar refractivity (Wildman–Crippen MR) is 88.9 cm³/mol. The molecule has 2 heteroatoms. The van der Waals surface area contributed by atoms with Crippen molar-refractivity contribution in [3.05, 3.63) is 65.7 Å². The van der Waals surface area contributed by atoms with Crippen LogP contribution in [0.5, 0.6) is 0 Å². The van der Waals surface area contributed by atoms with Crippen LogP contribution < -0.4 is 4.90 Å². The van der Waals surface area contributed by atoms with Gasteiger partial charge in [-0.1, -0.05) is 42.5 Å². The molecule has 0 heterocycles. The van der Waals surface area contributed by atoms with Gasteiger partial charge in [-0.05, 0) is 44.0 Å². The maximum atomic E-state index is 11.8. The quantitative estimate of drug-likeness (QED) is 0.747. The number of carbonyl (C=O) groups is 1. The van der Waals surface area contributed by atoms with Crippen LogP contribution in [0.3, 0.4) is 0 Å². The van der Waals surface area contributed by atoms with Gasteiger partial charge in [0, 0.05) is 18.8 Å². The van der Waals surface area contributed by atoms with Gasteiger partial charge in [0.25, 0.3) is 0 Å². The van der Waals surface area contributed by atoms with Gasteiger partial charge in [-0.2, -0.15) is 0 Å². The summed E-state index contributed by atoms with van der Waals surface area (Å²) >= 11 is 0. The van der Waals surface area contributed by atoms with E-state index in [0.29, 0.717) is 6.54 Å². The van der Waals surface area contributed by atoms with Gasteiger partial charge >= 0.3 is 0 Å². The number of hydrogen-bond donors (Lipinski definition) is 0. The molecular weight excluding hydrogens is 258 g/mol. The lowest BCUT2D eigenvalue weighted by Gasteiger charge is -2.33. The molecule has 0 amide bonds. The zero-order valence-electron chi connectivity index (χ0n) is 13.0. The number of likely N-dealkylation sites (N-methyl/N-ethyl adjacent to an activating group) is 1. The first-order chi connectivity index (χ1) is 10.1. The molecule has 2 aromatic carbocycles. The summed E-state index contributed by atoms with van der Waals surface area (Å²) in [5.74, 6) is 0. The summed E-state index contributed by atoms with van der Waals surface area (Å²) in [5.41, 5.74) is 2.96. The number of aryl methyl sites for hydroxylation is 1. The highest BCUT2D eigenvalue weighted by molar-refractivity contribution is 5.70. The van der Waals surface area contributed by atoms with Crippen LogP contribution in [0.4, 0.5) is 5.69 Å². The van der Waals surface area contributed by atoms with Crippen LogP contribution in [-0.2, 0) is 10.2 Å². The third-order valence-electron chi connectivity index (χ3n) is 3.96. The van der Waals surface area contributed by atoms with Crippen LogP contribution in [0.1, 0.15) is 25.0 Å². The van der Waals surface area contributed by atoms with Crippen molar-refractivity contribution in [3.8, 4) is 0 Å². The Balaban J connectivity index is 2.29. The highest BCUT2D eigenvalue weighted by Gasteiger charge is 2.28. The lowest BCUT2D eigenvalue weighted by Crippen LogP contribution is -2.40. The predicted octanol–water partition coefficient (Wildman–Crippen LogP) is 3.98. The molecular formula is C19H23NO. The number of rotatable bonds is 6. The van der Waals surface area contributed by atoms with Crippen LogP contribution in [-0.4, -0.2) is 19.4 Å². The third-order valence-corrected chi connectivity index (χ3v) is 3.96. The molecule has 2 nitrogen and oxygen atoms in total. The van der Waals surface area contributed by atoms with Crippen LogP contribution in [0, 0.1) is 6.92 Å². The molecule has 0 saturated carbocycles. The fourth-order valence-electron chi connectivity index (χ4n) is 2.62. The first-order valence-electron chi connectivity index (χ1n) is 7.42. The summed E-state index contributed by atoms with van der Waals surface area (Å²) < 4.78 is 0. The van der Waals surface area contributed by atoms with Crippen LogP contribution >= 0.6 is 0 Å². The van der Waals surface area contributed by atoms with Gasteiger partial charge < -0.3 is 9.69 Å². The zero-order chi connectivity index (χ0) is 15.3. The molecule has 2 rings (SSSR count). The standard InChI is InChI=1S/C19H23NO/c1-4-20(18-12-8-9-16(2)13-18)14-19(3,15-21)17-10-6-5-7-11-17/h5-13,15H,4,14H2,1-3H3. The lowest BCUT2D eigenvalue weighted by atomic mass is 9.83. The summed E-state index contributed by atoms with van der Waals surface area (Å²) in [5, 5.41) is 0. The summed E-state index contributed by atoms with van der Waals surface area (Å²) in [6.07, 6.45) is 1.07. The molecule has 0 aliphatic carbocycles. The molecule has 1 atom stereocenters. The second-order valence-electron chi connectivity index (χ2n) is 5.75. The average molecular weight is 281 g/mol. The second-order valence-corrected chi connectivity index (χ2v) is 5.75. The molecule has 0 aromatic heterocycles. The minimum absolute atomic E-state index is 0.499. The Morgan fingerprint density at radius 1 is 1.10 bits per heavy atom. The van der Waals surface area contributed by atoms with Crippen LogP contribution in [0.2, 0.25) is 0 Å². The summed E-state index contributed by atoms with van der Waals surface area (Å²) in [4.78, 5) is 14.0. The van der Waals surface area contributed by atoms with Crippen molar-refractivity contribution < 1.29 is 4.79 Å². The molecule has 0 N–H and O–H groups in total. The second kappa shape index (κ2) is 6.57. The number of hydrogen-bond acceptors (Lipinski definition) is 2. The molecule has 2 aromatic rings. The number of aldehydes is 1. The minimum Gasteiger partial charge on any atom is -0.370 e. The Morgan fingerprint density at radius 2 is 1.81 bits per heavy atom. The third kappa shape index (κ3) is 3.52. The molecule has 110 valence electrons. The van der Waals surface area contributed by atoms with Gasteiger partial charge in [-0.3, -0.25) is 0 Å². The Labute approximate surface area is 127 Å². The summed E-state index contributed by atoms with van der Waals surface area (Å²) in [6.45, 7) is 7.78. The van der Waals surface area contributed by atoms with Crippen LogP contribution in [0.15, 0.2) is 54.6 Å². The highest BCUT2D eigenvalue weighted by atomic mass is 16.1. The van der Waals surface area contributed by atoms with Gasteiger partial charge in [0.2, 0.25) is 0 Å². The van der Waals surface area contributed by atoms with Crippen molar-refractivity contribution >= 4 is 12.0 Å². The van der Waals surface area contributed by atoms with E-state index in [0.717, 1.165) is 18.4 Å². The maximum absolute atomic E-state index is 11.8. The first kappa shape index (κ1) is 15.3. The van der Waals surface area contributed by atoms with E-state index in [-0.39, 0.29) is 0 Å². The topological polar surface area (TPSA) is 20.3 Å². The molecule has 0 radical (unpaired) electrons. The van der Waals surface area contributed by atoms with Gasteiger partial charge in [-0.25, -0.2) is 0 Å². The highest BCUT2D eigenvalue weighted by Crippen LogP contribution is 2.26. The smallest absolute Gasteiger partial charge is 0.132 e. The Bertz CT molecular complexity index is 594. The minimum atomic E-state index is -0.499. The molecule has 1 unspecified atom stereocenters. The average Bonchev–Trinajstić information content (AvgIpc) is 2.53. The van der Waals surface area contributed by atoms with Crippen molar-refractivity contribution in [2.45, 2.75) is 26.2 Å². The molecule has 21 heavy (non-hydrogen) atoms. The lowest BCUT2D eigenvalue weighted by molar-refractivity contribution is -0.111. The Kier molecular flexibility index (Phi) is 4.79. The van der Waals surface area contributed by atoms with E-state index < -0.39 is 5.41 Å². The summed E-state index contributed by atoms with van der Waals surface area (Å²) in [7, 11) is 0. The van der Waals surface area contributed by atoms with E-state index in [1.807, 2.05) is 37.3 Å². The van der Waals surface area contributed by atoms with E-state index in [2.05, 4.69) is 43.0 Å². The first-order valence-corrected chi connectivity index (χ1v) is 7.42. The van der Waals surface area contributed by atoms with E-state index in [4.69, 9.17) is 0 Å². The van der Waals surface area contributed by atoms with Gasteiger partial charge in [0.05, 0.1) is 5.41 Å². The molecule has 0 bridgehead atoms. The monoisotopic (exact) mass is 281 g/mol. The molecule has 0 aliphatic rings. The number of benzene rings is 2. The SMILES string of the molecule is CCN(CC(C)(C=O)c1ccccc1)c1cccc(C)c1. The van der Waals surface area contributed by atoms with Crippen molar-refractivity contribution in [2.24, 2.45) is 0 Å². The Hall–Kier alpha value is -2.09. The van der Waals surface area contributed by atoms with Gasteiger partial charge in [0.15, 0.2) is 0 Å². The summed E-state index contributed by atoms with van der Waals surface area (Å²) in [6, 6.07) is 18.4. The maximum Gasteiger partial charge on any atom is 0.132 e. The molecule has 0 saturated heterocycles. The van der Waals surface area contributed by atoms with Crippen LogP contribution in [0.25, 0.3) is 0 Å². The zero-order valence-corrected chi connectivity index (χ0v) is 13.0.